The number of anilines is 1. The number of aryl methyl sites for hydroxylation is 1. The molecule has 3 aromatic rings. The van der Waals surface area contributed by atoms with Gasteiger partial charge in [-0.2, -0.15) is 0 Å². The van der Waals surface area contributed by atoms with E-state index in [0.29, 0.717) is 0 Å². The van der Waals surface area contributed by atoms with Crippen molar-refractivity contribution >= 4 is 27.5 Å². The van der Waals surface area contributed by atoms with E-state index in [-0.39, 0.29) is 23.0 Å². The van der Waals surface area contributed by atoms with Crippen LogP contribution in [0.3, 0.4) is 0 Å². The average Bonchev–Trinajstić information content (AvgIpc) is 2.86. The molecule has 0 aliphatic carbocycles. The number of amides is 2. The molecule has 0 spiro atoms. The molecule has 0 saturated heterocycles. The minimum absolute atomic E-state index is 0.115. The van der Waals surface area contributed by atoms with Crippen molar-refractivity contribution < 1.29 is 22.4 Å². The topological polar surface area (TPSA) is 86.8 Å². The van der Waals surface area contributed by atoms with Gasteiger partial charge >= 0.3 is 0 Å². The third-order valence-corrected chi connectivity index (χ3v) is 7.78. The van der Waals surface area contributed by atoms with Crippen molar-refractivity contribution in [2.24, 2.45) is 0 Å². The number of hydrogen-bond donors (Lipinski definition) is 1. The van der Waals surface area contributed by atoms with Crippen molar-refractivity contribution in [2.45, 2.75) is 57.6 Å². The monoisotopic (exact) mass is 539 g/mol. The summed E-state index contributed by atoms with van der Waals surface area (Å²) in [6, 6.07) is 19.3. The van der Waals surface area contributed by atoms with E-state index in [1.165, 1.54) is 4.90 Å². The molecule has 0 heterocycles. The summed E-state index contributed by atoms with van der Waals surface area (Å²) in [5.41, 5.74) is 1.52. The Morgan fingerprint density at radius 1 is 0.921 bits per heavy atom. The molecular formula is C29H34FN3O4S. The molecule has 0 aliphatic heterocycles. The highest BCUT2D eigenvalue weighted by Gasteiger charge is 2.33. The molecule has 9 heteroatoms. The van der Waals surface area contributed by atoms with Crippen molar-refractivity contribution in [3.8, 4) is 0 Å². The minimum atomic E-state index is -4.24. The lowest BCUT2D eigenvalue weighted by Gasteiger charge is -2.33. The van der Waals surface area contributed by atoms with Crippen LogP contribution in [0.2, 0.25) is 0 Å². The van der Waals surface area contributed by atoms with Crippen molar-refractivity contribution in [2.75, 3.05) is 10.8 Å². The van der Waals surface area contributed by atoms with Gasteiger partial charge in [-0.25, -0.2) is 12.8 Å². The first-order valence-corrected chi connectivity index (χ1v) is 13.7. The SMILES string of the molecule is Cc1ccccc1CN(C(=O)CN(c1ccccc1)S(=O)(=O)c1ccc(F)cc1)[C@@H](C)C(=O)NC(C)(C)C. The molecule has 0 unspecified atom stereocenters. The zero-order chi connectivity index (χ0) is 28.1. The molecule has 0 aromatic heterocycles. The Morgan fingerprint density at radius 3 is 2.08 bits per heavy atom. The lowest BCUT2D eigenvalue weighted by Crippen LogP contribution is -2.54. The van der Waals surface area contributed by atoms with Crippen molar-refractivity contribution in [3.63, 3.8) is 0 Å². The van der Waals surface area contributed by atoms with Gasteiger partial charge in [0.1, 0.15) is 18.4 Å². The third kappa shape index (κ3) is 7.19. The van der Waals surface area contributed by atoms with Crippen molar-refractivity contribution in [1.82, 2.24) is 10.2 Å². The lowest BCUT2D eigenvalue weighted by molar-refractivity contribution is -0.140. The van der Waals surface area contributed by atoms with Crippen LogP contribution in [-0.4, -0.2) is 43.3 Å². The molecule has 3 aromatic carbocycles. The zero-order valence-electron chi connectivity index (χ0n) is 22.3. The predicted octanol–water partition coefficient (Wildman–Crippen LogP) is 4.66. The van der Waals surface area contributed by atoms with Gasteiger partial charge < -0.3 is 10.2 Å². The number of carbonyl (C=O) groups is 2. The second-order valence-corrected chi connectivity index (χ2v) is 12.0. The van der Waals surface area contributed by atoms with Gasteiger partial charge in [0.05, 0.1) is 10.6 Å². The molecule has 1 atom stereocenters. The summed E-state index contributed by atoms with van der Waals surface area (Å²) in [6.45, 7) is 8.63. The predicted molar refractivity (Wildman–Crippen MR) is 146 cm³/mol. The third-order valence-electron chi connectivity index (χ3n) is 5.99. The van der Waals surface area contributed by atoms with Gasteiger partial charge in [0.25, 0.3) is 10.0 Å². The van der Waals surface area contributed by atoms with Crippen LogP contribution in [0.25, 0.3) is 0 Å². The molecule has 0 radical (unpaired) electrons. The van der Waals surface area contributed by atoms with Crippen LogP contribution < -0.4 is 9.62 Å². The Balaban J connectivity index is 2.02. The zero-order valence-corrected chi connectivity index (χ0v) is 23.1. The number of hydrogen-bond acceptors (Lipinski definition) is 4. The Hall–Kier alpha value is -3.72. The number of halogens is 1. The van der Waals surface area contributed by atoms with E-state index in [2.05, 4.69) is 5.32 Å². The molecule has 0 fully saturated rings. The quantitative estimate of drug-likeness (QED) is 0.429. The number of carbonyl (C=O) groups excluding carboxylic acids is 2. The fourth-order valence-electron chi connectivity index (χ4n) is 3.88. The number of nitrogens with zero attached hydrogens (tertiary/aromatic N) is 2. The number of sulfonamides is 1. The van der Waals surface area contributed by atoms with Crippen LogP contribution in [0.5, 0.6) is 0 Å². The van der Waals surface area contributed by atoms with Crippen molar-refractivity contribution in [3.05, 3.63) is 95.8 Å². The molecule has 3 rings (SSSR count). The van der Waals surface area contributed by atoms with Crippen LogP contribution in [0.4, 0.5) is 10.1 Å². The van der Waals surface area contributed by atoms with Crippen LogP contribution >= 0.6 is 0 Å². The van der Waals surface area contributed by atoms with Gasteiger partial charge in [0, 0.05) is 12.1 Å². The maximum absolute atomic E-state index is 13.9. The first kappa shape index (κ1) is 28.8. The summed E-state index contributed by atoms with van der Waals surface area (Å²) in [5, 5.41) is 2.90. The summed E-state index contributed by atoms with van der Waals surface area (Å²) in [5.74, 6) is -1.49. The molecule has 202 valence electrons. The van der Waals surface area contributed by atoms with Gasteiger partial charge in [-0.05, 0) is 82.1 Å². The molecule has 0 aliphatic rings. The number of rotatable bonds is 9. The molecule has 38 heavy (non-hydrogen) atoms. The highest BCUT2D eigenvalue weighted by molar-refractivity contribution is 7.92. The van der Waals surface area contributed by atoms with Gasteiger partial charge in [0.15, 0.2) is 0 Å². The normalized spacial score (nSPS) is 12.5. The molecule has 1 N–H and O–H groups in total. The maximum atomic E-state index is 13.9. The van der Waals surface area contributed by atoms with Crippen LogP contribution in [0.1, 0.15) is 38.8 Å². The van der Waals surface area contributed by atoms with E-state index in [4.69, 9.17) is 0 Å². The summed E-state index contributed by atoms with van der Waals surface area (Å²) in [4.78, 5) is 28.2. The molecule has 2 amide bonds. The van der Waals surface area contributed by atoms with Crippen LogP contribution in [0.15, 0.2) is 83.8 Å². The molecule has 0 saturated carbocycles. The van der Waals surface area contributed by atoms with E-state index >= 15 is 0 Å². The number of nitrogens with one attached hydrogen (secondary N) is 1. The van der Waals surface area contributed by atoms with Gasteiger partial charge in [-0.15, -0.1) is 0 Å². The Morgan fingerprint density at radius 2 is 1.50 bits per heavy atom. The maximum Gasteiger partial charge on any atom is 0.264 e. The molecule has 0 bridgehead atoms. The summed E-state index contributed by atoms with van der Waals surface area (Å²) >= 11 is 0. The van der Waals surface area contributed by atoms with E-state index in [9.17, 15) is 22.4 Å². The summed E-state index contributed by atoms with van der Waals surface area (Å²) < 4.78 is 41.8. The lowest BCUT2D eigenvalue weighted by atomic mass is 10.1. The molecular weight excluding hydrogens is 505 g/mol. The Bertz CT molecular complexity index is 1370. The van der Waals surface area contributed by atoms with E-state index in [0.717, 1.165) is 39.7 Å². The van der Waals surface area contributed by atoms with Crippen LogP contribution in [-0.2, 0) is 26.2 Å². The van der Waals surface area contributed by atoms with Crippen molar-refractivity contribution in [1.29, 1.82) is 0 Å². The highest BCUT2D eigenvalue weighted by Crippen LogP contribution is 2.25. The second-order valence-electron chi connectivity index (χ2n) is 10.2. The minimum Gasteiger partial charge on any atom is -0.350 e. The number of para-hydroxylation sites is 1. The second kappa shape index (κ2) is 11.8. The first-order valence-electron chi connectivity index (χ1n) is 12.3. The fraction of sp³-hybridized carbons (Fsp3) is 0.310. The summed E-state index contributed by atoms with van der Waals surface area (Å²) in [7, 11) is -4.24. The van der Waals surface area contributed by atoms with E-state index < -0.39 is 39.9 Å². The average molecular weight is 540 g/mol. The van der Waals surface area contributed by atoms with Gasteiger partial charge in [-0.3, -0.25) is 13.9 Å². The Labute approximate surface area is 224 Å². The van der Waals surface area contributed by atoms with E-state index in [1.807, 2.05) is 52.0 Å². The van der Waals surface area contributed by atoms with Crippen LogP contribution in [0, 0.1) is 12.7 Å². The summed E-state index contributed by atoms with van der Waals surface area (Å²) in [6.07, 6.45) is 0. The Kier molecular flexibility index (Phi) is 8.93. The van der Waals surface area contributed by atoms with Gasteiger partial charge in [-0.1, -0.05) is 42.5 Å². The number of benzene rings is 3. The fourth-order valence-corrected chi connectivity index (χ4v) is 5.30. The van der Waals surface area contributed by atoms with E-state index in [1.54, 1.807) is 37.3 Å². The largest absolute Gasteiger partial charge is 0.350 e. The first-order chi connectivity index (χ1) is 17.8. The smallest absolute Gasteiger partial charge is 0.264 e. The standard InChI is InChI=1S/C29H34FN3O4S/c1-21-11-9-10-12-23(21)19-32(22(2)28(35)31-29(3,4)5)27(34)20-33(25-13-7-6-8-14-25)38(36,37)26-17-15-24(30)16-18-26/h6-18,22H,19-20H2,1-5H3,(H,31,35)/t22-/m0/s1. The van der Waals surface area contributed by atoms with Gasteiger partial charge in [0.2, 0.25) is 11.8 Å². The highest BCUT2D eigenvalue weighted by atomic mass is 32.2. The molecule has 7 nitrogen and oxygen atoms in total.